The van der Waals surface area contributed by atoms with Gasteiger partial charge in [0.05, 0.1) is 15.9 Å². The summed E-state index contributed by atoms with van der Waals surface area (Å²) in [5, 5.41) is 0. The third-order valence-corrected chi connectivity index (χ3v) is 6.28. The number of sulfonamides is 1. The number of nitrogens with zero attached hydrogens (tertiary/aromatic N) is 3. The van der Waals surface area contributed by atoms with Gasteiger partial charge in [-0.25, -0.2) is 13.4 Å². The number of amides is 1. The van der Waals surface area contributed by atoms with Gasteiger partial charge in [0.2, 0.25) is 15.9 Å². The summed E-state index contributed by atoms with van der Waals surface area (Å²) in [4.78, 5) is 21.5. The van der Waals surface area contributed by atoms with Crippen LogP contribution in [0.25, 0.3) is 11.0 Å². The lowest BCUT2D eigenvalue weighted by Gasteiger charge is -2.34. The molecule has 0 aliphatic carbocycles. The molecule has 1 fully saturated rings. The monoisotopic (exact) mass is 364 g/mol. The zero-order valence-electron chi connectivity index (χ0n) is 14.8. The molecule has 1 amide bonds. The summed E-state index contributed by atoms with van der Waals surface area (Å²) < 4.78 is 27.2. The maximum atomic E-state index is 12.9. The minimum atomic E-state index is -3.57. The Labute approximate surface area is 148 Å². The van der Waals surface area contributed by atoms with E-state index in [0.717, 1.165) is 11.3 Å². The van der Waals surface area contributed by atoms with Gasteiger partial charge in [-0.1, -0.05) is 13.8 Å². The number of hydrogen-bond donors (Lipinski definition) is 1. The molecule has 0 radical (unpaired) electrons. The summed E-state index contributed by atoms with van der Waals surface area (Å²) >= 11 is 0. The van der Waals surface area contributed by atoms with Crippen molar-refractivity contribution in [3.8, 4) is 0 Å². The summed E-state index contributed by atoms with van der Waals surface area (Å²) in [6.07, 6.45) is 0.503. The van der Waals surface area contributed by atoms with Crippen LogP contribution in [0.1, 0.15) is 26.1 Å². The molecule has 2 heterocycles. The van der Waals surface area contributed by atoms with Crippen LogP contribution in [0.3, 0.4) is 0 Å². The summed E-state index contributed by atoms with van der Waals surface area (Å²) in [5.41, 5.74) is 1.46. The number of rotatable bonds is 4. The highest BCUT2D eigenvalue weighted by Crippen LogP contribution is 2.22. The standard InChI is InChI=1S/C17H24N4O3S/c1-12(2)10-17(22)20-6-8-21(9-7-20)25(23,24)14-4-5-15-16(11-14)19-13(3)18-15/h4-5,11-12H,6-10H2,1-3H3,(H,18,19). The van der Waals surface area contributed by atoms with E-state index in [0.29, 0.717) is 44.0 Å². The number of benzene rings is 1. The Kier molecular flexibility index (Phi) is 4.83. The molecule has 0 bridgehead atoms. The number of imidazole rings is 1. The topological polar surface area (TPSA) is 86.4 Å². The van der Waals surface area contributed by atoms with Gasteiger partial charge in [0.15, 0.2) is 0 Å². The molecule has 25 heavy (non-hydrogen) atoms. The first kappa shape index (κ1) is 17.9. The lowest BCUT2D eigenvalue weighted by molar-refractivity contribution is -0.133. The molecule has 1 N–H and O–H groups in total. The summed E-state index contributed by atoms with van der Waals surface area (Å²) in [6, 6.07) is 4.93. The highest BCUT2D eigenvalue weighted by atomic mass is 32.2. The quantitative estimate of drug-likeness (QED) is 0.895. The van der Waals surface area contributed by atoms with Crippen LogP contribution < -0.4 is 0 Å². The molecule has 1 aromatic heterocycles. The van der Waals surface area contributed by atoms with Crippen molar-refractivity contribution >= 4 is 27.0 Å². The highest BCUT2D eigenvalue weighted by Gasteiger charge is 2.30. The number of carbonyl (C=O) groups excluding carboxylic acids is 1. The van der Waals surface area contributed by atoms with E-state index in [1.807, 2.05) is 20.8 Å². The second kappa shape index (κ2) is 6.76. The largest absolute Gasteiger partial charge is 0.342 e. The smallest absolute Gasteiger partial charge is 0.243 e. The number of piperazine rings is 1. The van der Waals surface area contributed by atoms with E-state index >= 15 is 0 Å². The highest BCUT2D eigenvalue weighted by molar-refractivity contribution is 7.89. The van der Waals surface area contributed by atoms with Crippen molar-refractivity contribution in [2.24, 2.45) is 5.92 Å². The minimum absolute atomic E-state index is 0.0985. The molecule has 1 aliphatic rings. The van der Waals surface area contributed by atoms with Crippen LogP contribution in [0.2, 0.25) is 0 Å². The van der Waals surface area contributed by atoms with E-state index in [1.54, 1.807) is 23.1 Å². The molecule has 8 heteroatoms. The predicted molar refractivity (Wildman–Crippen MR) is 95.6 cm³/mol. The fourth-order valence-electron chi connectivity index (χ4n) is 3.08. The van der Waals surface area contributed by atoms with Gasteiger partial charge >= 0.3 is 0 Å². The number of fused-ring (bicyclic) bond motifs is 1. The molecule has 0 spiro atoms. The fourth-order valence-corrected chi connectivity index (χ4v) is 4.53. The second-order valence-electron chi connectivity index (χ2n) is 6.88. The minimum Gasteiger partial charge on any atom is -0.342 e. The van der Waals surface area contributed by atoms with Crippen molar-refractivity contribution in [1.29, 1.82) is 0 Å². The summed E-state index contributed by atoms with van der Waals surface area (Å²) in [5.74, 6) is 1.15. The molecule has 3 rings (SSSR count). The van der Waals surface area contributed by atoms with Gasteiger partial charge < -0.3 is 9.88 Å². The Morgan fingerprint density at radius 2 is 1.92 bits per heavy atom. The Balaban J connectivity index is 1.73. The lowest BCUT2D eigenvalue weighted by Crippen LogP contribution is -2.50. The van der Waals surface area contributed by atoms with Crippen LogP contribution in [0, 0.1) is 12.8 Å². The predicted octanol–water partition coefficient (Wildman–Crippen LogP) is 1.75. The average Bonchev–Trinajstić information content (AvgIpc) is 2.93. The first-order valence-corrected chi connectivity index (χ1v) is 9.95. The van der Waals surface area contributed by atoms with Crippen molar-refractivity contribution < 1.29 is 13.2 Å². The van der Waals surface area contributed by atoms with Gasteiger partial charge in [0, 0.05) is 32.6 Å². The number of carbonyl (C=O) groups is 1. The Morgan fingerprint density at radius 1 is 1.24 bits per heavy atom. The zero-order valence-corrected chi connectivity index (χ0v) is 15.6. The van der Waals surface area contributed by atoms with Crippen LogP contribution in [-0.4, -0.2) is 59.7 Å². The van der Waals surface area contributed by atoms with Crippen LogP contribution in [0.5, 0.6) is 0 Å². The molecule has 0 unspecified atom stereocenters. The van der Waals surface area contributed by atoms with E-state index in [-0.39, 0.29) is 10.8 Å². The van der Waals surface area contributed by atoms with Gasteiger partial charge in [0.1, 0.15) is 5.82 Å². The van der Waals surface area contributed by atoms with E-state index in [4.69, 9.17) is 0 Å². The molecule has 7 nitrogen and oxygen atoms in total. The van der Waals surface area contributed by atoms with Gasteiger partial charge in [-0.05, 0) is 31.0 Å². The van der Waals surface area contributed by atoms with Crippen molar-refractivity contribution in [2.45, 2.75) is 32.1 Å². The second-order valence-corrected chi connectivity index (χ2v) is 8.82. The van der Waals surface area contributed by atoms with Crippen molar-refractivity contribution in [3.63, 3.8) is 0 Å². The normalized spacial score (nSPS) is 16.7. The number of nitrogens with one attached hydrogen (secondary N) is 1. The van der Waals surface area contributed by atoms with Crippen molar-refractivity contribution in [2.75, 3.05) is 26.2 Å². The first-order valence-electron chi connectivity index (χ1n) is 8.51. The van der Waals surface area contributed by atoms with Crippen molar-refractivity contribution in [1.82, 2.24) is 19.2 Å². The number of H-pyrrole nitrogens is 1. The van der Waals surface area contributed by atoms with Crippen LogP contribution in [0.4, 0.5) is 0 Å². The fraction of sp³-hybridized carbons (Fsp3) is 0.529. The van der Waals surface area contributed by atoms with Crippen LogP contribution in [-0.2, 0) is 14.8 Å². The van der Waals surface area contributed by atoms with E-state index < -0.39 is 10.0 Å². The summed E-state index contributed by atoms with van der Waals surface area (Å²) in [7, 11) is -3.57. The van der Waals surface area contributed by atoms with Crippen molar-refractivity contribution in [3.05, 3.63) is 24.0 Å². The Morgan fingerprint density at radius 3 is 2.56 bits per heavy atom. The first-order chi connectivity index (χ1) is 11.8. The van der Waals surface area contributed by atoms with E-state index in [1.165, 1.54) is 4.31 Å². The number of aryl methyl sites for hydroxylation is 1. The number of aromatic nitrogens is 2. The lowest BCUT2D eigenvalue weighted by atomic mass is 10.1. The molecule has 0 atom stereocenters. The van der Waals surface area contributed by atoms with E-state index in [2.05, 4.69) is 9.97 Å². The summed E-state index contributed by atoms with van der Waals surface area (Å²) in [6.45, 7) is 7.38. The van der Waals surface area contributed by atoms with Crippen LogP contribution >= 0.6 is 0 Å². The molecule has 1 aromatic carbocycles. The molecule has 0 saturated carbocycles. The van der Waals surface area contributed by atoms with Crippen LogP contribution in [0.15, 0.2) is 23.1 Å². The third kappa shape index (κ3) is 3.69. The SMILES string of the molecule is Cc1nc2ccc(S(=O)(=O)N3CCN(C(=O)CC(C)C)CC3)cc2[nH]1. The zero-order chi connectivity index (χ0) is 18.2. The van der Waals surface area contributed by atoms with Gasteiger partial charge in [-0.3, -0.25) is 4.79 Å². The van der Waals surface area contributed by atoms with Gasteiger partial charge in [-0.15, -0.1) is 0 Å². The average molecular weight is 364 g/mol. The Hall–Kier alpha value is -1.93. The molecular formula is C17H24N4O3S. The molecule has 136 valence electrons. The molecule has 1 aliphatic heterocycles. The maximum absolute atomic E-state index is 12.9. The molecular weight excluding hydrogens is 340 g/mol. The van der Waals surface area contributed by atoms with E-state index in [9.17, 15) is 13.2 Å². The number of hydrogen-bond acceptors (Lipinski definition) is 4. The van der Waals surface area contributed by atoms with Gasteiger partial charge in [0.25, 0.3) is 0 Å². The number of aromatic amines is 1. The Bertz CT molecular complexity index is 880. The molecule has 2 aromatic rings. The molecule has 1 saturated heterocycles. The van der Waals surface area contributed by atoms with Gasteiger partial charge in [-0.2, -0.15) is 4.31 Å². The third-order valence-electron chi connectivity index (χ3n) is 4.38. The maximum Gasteiger partial charge on any atom is 0.243 e.